The number of imidazole rings is 1. The van der Waals surface area contributed by atoms with Crippen molar-refractivity contribution >= 4 is 11.0 Å². The summed E-state index contributed by atoms with van der Waals surface area (Å²) in [6, 6.07) is 16.6. The lowest BCUT2D eigenvalue weighted by atomic mass is 10.1. The molecule has 0 fully saturated rings. The summed E-state index contributed by atoms with van der Waals surface area (Å²) in [7, 11) is 0. The molecule has 0 aliphatic rings. The molecule has 0 N–H and O–H groups in total. The van der Waals surface area contributed by atoms with Gasteiger partial charge in [-0.2, -0.15) is 0 Å². The van der Waals surface area contributed by atoms with E-state index in [1.54, 1.807) is 0 Å². The summed E-state index contributed by atoms with van der Waals surface area (Å²) < 4.78 is 8.36. The Bertz CT molecular complexity index is 835. The molecule has 3 heteroatoms. The zero-order valence-electron chi connectivity index (χ0n) is 17.5. The Morgan fingerprint density at radius 1 is 0.821 bits per heavy atom. The smallest absolute Gasteiger partial charge is 0.147 e. The van der Waals surface area contributed by atoms with Crippen molar-refractivity contribution in [3.05, 3.63) is 59.9 Å². The summed E-state index contributed by atoms with van der Waals surface area (Å²) in [5, 5.41) is 0. The third-order valence-corrected chi connectivity index (χ3v) is 5.36. The molecule has 0 amide bonds. The molecule has 0 saturated heterocycles. The number of aromatic nitrogens is 2. The zero-order chi connectivity index (χ0) is 19.6. The van der Waals surface area contributed by atoms with Crippen LogP contribution in [0.2, 0.25) is 0 Å². The molecule has 0 bridgehead atoms. The molecular formula is C25H34N2O. The first-order chi connectivity index (χ1) is 13.8. The van der Waals surface area contributed by atoms with Crippen LogP contribution in [-0.4, -0.2) is 9.55 Å². The minimum atomic E-state index is 0.509. The Morgan fingerprint density at radius 2 is 1.50 bits per heavy atom. The van der Waals surface area contributed by atoms with Gasteiger partial charge in [-0.15, -0.1) is 0 Å². The second kappa shape index (κ2) is 10.9. The van der Waals surface area contributed by atoms with Crippen molar-refractivity contribution in [2.24, 2.45) is 0 Å². The van der Waals surface area contributed by atoms with Crippen molar-refractivity contribution in [3.63, 3.8) is 0 Å². The molecule has 0 aliphatic carbocycles. The molecule has 1 heterocycles. The third-order valence-electron chi connectivity index (χ3n) is 5.36. The first-order valence-corrected chi connectivity index (χ1v) is 10.9. The first-order valence-electron chi connectivity index (χ1n) is 10.9. The van der Waals surface area contributed by atoms with Gasteiger partial charge in [-0.05, 0) is 37.6 Å². The number of benzene rings is 2. The number of para-hydroxylation sites is 2. The lowest BCUT2D eigenvalue weighted by molar-refractivity contribution is 0.289. The van der Waals surface area contributed by atoms with Crippen LogP contribution in [0.15, 0.2) is 48.5 Å². The first kappa shape index (κ1) is 20.4. The molecule has 0 atom stereocenters. The molecule has 0 saturated carbocycles. The summed E-state index contributed by atoms with van der Waals surface area (Å²) in [5.41, 5.74) is 3.52. The van der Waals surface area contributed by atoms with Crippen LogP contribution in [0.4, 0.5) is 0 Å². The number of fused-ring (bicyclic) bond motifs is 1. The fraction of sp³-hybridized carbons (Fsp3) is 0.480. The molecule has 28 heavy (non-hydrogen) atoms. The largest absolute Gasteiger partial charge is 0.486 e. The van der Waals surface area contributed by atoms with Crippen molar-refractivity contribution in [2.75, 3.05) is 0 Å². The number of hydrogen-bond donors (Lipinski definition) is 0. The lowest BCUT2D eigenvalue weighted by Crippen LogP contribution is -2.07. The van der Waals surface area contributed by atoms with Crippen molar-refractivity contribution in [2.45, 2.75) is 78.4 Å². The van der Waals surface area contributed by atoms with Crippen LogP contribution in [-0.2, 0) is 13.2 Å². The minimum absolute atomic E-state index is 0.509. The highest BCUT2D eigenvalue weighted by molar-refractivity contribution is 5.75. The fourth-order valence-corrected chi connectivity index (χ4v) is 3.67. The van der Waals surface area contributed by atoms with Gasteiger partial charge in [0.15, 0.2) is 0 Å². The van der Waals surface area contributed by atoms with E-state index in [2.05, 4.69) is 54.8 Å². The number of ether oxygens (including phenoxy) is 1. The average molecular weight is 379 g/mol. The van der Waals surface area contributed by atoms with Crippen LogP contribution < -0.4 is 4.74 Å². The molecule has 0 aliphatic heterocycles. The zero-order valence-corrected chi connectivity index (χ0v) is 17.5. The SMILES string of the molecule is CCCCCCCCCCn1c(COc2ccc(C)cc2)nc2ccccc21. The summed E-state index contributed by atoms with van der Waals surface area (Å²) >= 11 is 0. The molecule has 3 rings (SSSR count). The summed E-state index contributed by atoms with van der Waals surface area (Å²) in [5.74, 6) is 1.92. The Morgan fingerprint density at radius 3 is 2.25 bits per heavy atom. The maximum atomic E-state index is 6.02. The van der Waals surface area contributed by atoms with Crippen LogP contribution in [0.25, 0.3) is 11.0 Å². The molecule has 2 aromatic carbocycles. The van der Waals surface area contributed by atoms with Crippen molar-refractivity contribution in [1.29, 1.82) is 0 Å². The van der Waals surface area contributed by atoms with E-state index >= 15 is 0 Å². The van der Waals surface area contributed by atoms with Gasteiger partial charge in [-0.3, -0.25) is 0 Å². The van der Waals surface area contributed by atoms with Crippen LogP contribution in [0.3, 0.4) is 0 Å². The molecular weight excluding hydrogens is 344 g/mol. The normalized spacial score (nSPS) is 11.2. The highest BCUT2D eigenvalue weighted by Gasteiger charge is 2.11. The van der Waals surface area contributed by atoms with Crippen LogP contribution in [0.5, 0.6) is 5.75 Å². The van der Waals surface area contributed by atoms with Gasteiger partial charge in [0.2, 0.25) is 0 Å². The average Bonchev–Trinajstić information content (AvgIpc) is 3.07. The number of hydrogen-bond acceptors (Lipinski definition) is 2. The quantitative estimate of drug-likeness (QED) is 0.315. The molecule has 150 valence electrons. The second-order valence-electron chi connectivity index (χ2n) is 7.74. The standard InChI is InChI=1S/C25H34N2O/c1-3-4-5-6-7-8-9-12-19-27-24-14-11-10-13-23(24)26-25(27)20-28-22-17-15-21(2)16-18-22/h10-11,13-18H,3-9,12,19-20H2,1-2H3. The van der Waals surface area contributed by atoms with Gasteiger partial charge in [0.05, 0.1) is 11.0 Å². The molecule has 0 radical (unpaired) electrons. The van der Waals surface area contributed by atoms with Crippen molar-refractivity contribution < 1.29 is 4.74 Å². The predicted octanol–water partition coefficient (Wildman–Crippen LogP) is 7.06. The molecule has 0 unspecified atom stereocenters. The fourth-order valence-electron chi connectivity index (χ4n) is 3.67. The van der Waals surface area contributed by atoms with Gasteiger partial charge in [0.25, 0.3) is 0 Å². The van der Waals surface area contributed by atoms with E-state index in [1.165, 1.54) is 62.4 Å². The number of nitrogens with zero attached hydrogens (tertiary/aromatic N) is 2. The Labute approximate surface area is 169 Å². The molecule has 1 aromatic heterocycles. The lowest BCUT2D eigenvalue weighted by Gasteiger charge is -2.11. The van der Waals surface area contributed by atoms with E-state index in [0.29, 0.717) is 6.61 Å². The van der Waals surface area contributed by atoms with E-state index in [4.69, 9.17) is 9.72 Å². The number of unbranched alkanes of at least 4 members (excludes halogenated alkanes) is 7. The summed E-state index contributed by atoms with van der Waals surface area (Å²) in [6.07, 6.45) is 10.7. The van der Waals surface area contributed by atoms with Crippen LogP contribution >= 0.6 is 0 Å². The maximum absolute atomic E-state index is 6.02. The van der Waals surface area contributed by atoms with Crippen molar-refractivity contribution in [3.8, 4) is 5.75 Å². The highest BCUT2D eigenvalue weighted by Crippen LogP contribution is 2.20. The number of aryl methyl sites for hydroxylation is 2. The second-order valence-corrected chi connectivity index (χ2v) is 7.74. The Kier molecular flexibility index (Phi) is 7.95. The van der Waals surface area contributed by atoms with E-state index in [1.807, 2.05) is 12.1 Å². The van der Waals surface area contributed by atoms with Gasteiger partial charge in [-0.25, -0.2) is 4.98 Å². The molecule has 3 aromatic rings. The summed E-state index contributed by atoms with van der Waals surface area (Å²) in [4.78, 5) is 4.83. The van der Waals surface area contributed by atoms with Gasteiger partial charge in [0, 0.05) is 6.54 Å². The van der Waals surface area contributed by atoms with Gasteiger partial charge >= 0.3 is 0 Å². The summed E-state index contributed by atoms with van der Waals surface area (Å²) in [6.45, 7) is 5.89. The van der Waals surface area contributed by atoms with Gasteiger partial charge in [-0.1, -0.05) is 81.7 Å². The number of rotatable bonds is 12. The monoisotopic (exact) mass is 378 g/mol. The predicted molar refractivity (Wildman–Crippen MR) is 118 cm³/mol. The topological polar surface area (TPSA) is 27.1 Å². The Hall–Kier alpha value is -2.29. The van der Waals surface area contributed by atoms with E-state index in [-0.39, 0.29) is 0 Å². The molecule has 0 spiro atoms. The van der Waals surface area contributed by atoms with Gasteiger partial charge < -0.3 is 9.30 Å². The maximum Gasteiger partial charge on any atom is 0.147 e. The van der Waals surface area contributed by atoms with Crippen molar-refractivity contribution in [1.82, 2.24) is 9.55 Å². The minimum Gasteiger partial charge on any atom is -0.486 e. The van der Waals surface area contributed by atoms with Gasteiger partial charge in [0.1, 0.15) is 18.2 Å². The third kappa shape index (κ3) is 5.85. The Balaban J connectivity index is 1.57. The molecule has 3 nitrogen and oxygen atoms in total. The van der Waals surface area contributed by atoms with E-state index < -0.39 is 0 Å². The van der Waals surface area contributed by atoms with E-state index in [0.717, 1.165) is 23.6 Å². The highest BCUT2D eigenvalue weighted by atomic mass is 16.5. The van der Waals surface area contributed by atoms with Crippen LogP contribution in [0.1, 0.15) is 69.7 Å². The van der Waals surface area contributed by atoms with Crippen LogP contribution in [0, 0.1) is 6.92 Å². The van der Waals surface area contributed by atoms with E-state index in [9.17, 15) is 0 Å².